The Bertz CT molecular complexity index is 234. The maximum absolute atomic E-state index is 4.09. The fourth-order valence-electron chi connectivity index (χ4n) is 1.31. The van der Waals surface area contributed by atoms with Crippen molar-refractivity contribution in [2.45, 2.75) is 32.7 Å². The van der Waals surface area contributed by atoms with Gasteiger partial charge in [0.2, 0.25) is 0 Å². The SMILES string of the molecule is C=C1CCC=CC=C1CNC(C)C. The second-order valence-corrected chi connectivity index (χ2v) is 3.80. The van der Waals surface area contributed by atoms with Crippen LogP contribution in [-0.4, -0.2) is 12.6 Å². The van der Waals surface area contributed by atoms with E-state index in [0.717, 1.165) is 19.4 Å². The van der Waals surface area contributed by atoms with Gasteiger partial charge in [0.05, 0.1) is 0 Å². The summed E-state index contributed by atoms with van der Waals surface area (Å²) in [6.45, 7) is 9.36. The standard InChI is InChI=1S/C12H19N/c1-10(2)13-9-12-8-6-4-5-7-11(12)3/h4,6,8,10,13H,3,5,7,9H2,1-2H3. The molecule has 0 unspecified atom stereocenters. The molecule has 1 heteroatoms. The van der Waals surface area contributed by atoms with Crippen molar-refractivity contribution < 1.29 is 0 Å². The quantitative estimate of drug-likeness (QED) is 0.699. The minimum Gasteiger partial charge on any atom is -0.310 e. The van der Waals surface area contributed by atoms with E-state index >= 15 is 0 Å². The second kappa shape index (κ2) is 5.03. The first-order valence-electron chi connectivity index (χ1n) is 4.97. The lowest BCUT2D eigenvalue weighted by Gasteiger charge is -2.12. The maximum atomic E-state index is 4.09. The lowest BCUT2D eigenvalue weighted by Crippen LogP contribution is -2.25. The summed E-state index contributed by atoms with van der Waals surface area (Å²) in [4.78, 5) is 0. The summed E-state index contributed by atoms with van der Waals surface area (Å²) in [5, 5.41) is 3.41. The van der Waals surface area contributed by atoms with Crippen molar-refractivity contribution in [3.05, 3.63) is 36.0 Å². The molecule has 0 fully saturated rings. The van der Waals surface area contributed by atoms with Gasteiger partial charge in [0.15, 0.2) is 0 Å². The molecule has 1 nitrogen and oxygen atoms in total. The highest BCUT2D eigenvalue weighted by Gasteiger charge is 2.04. The van der Waals surface area contributed by atoms with E-state index in [-0.39, 0.29) is 0 Å². The van der Waals surface area contributed by atoms with Gasteiger partial charge < -0.3 is 5.32 Å². The summed E-state index contributed by atoms with van der Waals surface area (Å²) in [7, 11) is 0. The first-order chi connectivity index (χ1) is 6.20. The molecule has 1 aliphatic carbocycles. The molecule has 0 aromatic heterocycles. The first kappa shape index (κ1) is 10.3. The Labute approximate surface area is 81.2 Å². The first-order valence-corrected chi connectivity index (χ1v) is 4.97. The Kier molecular flexibility index (Phi) is 3.97. The average Bonchev–Trinajstić information content (AvgIpc) is 2.27. The number of hydrogen-bond donors (Lipinski definition) is 1. The summed E-state index contributed by atoms with van der Waals surface area (Å²) < 4.78 is 0. The van der Waals surface area contributed by atoms with Crippen molar-refractivity contribution in [3.63, 3.8) is 0 Å². The van der Waals surface area contributed by atoms with Gasteiger partial charge in [-0.3, -0.25) is 0 Å². The molecule has 1 aliphatic rings. The van der Waals surface area contributed by atoms with Crippen LogP contribution in [0.2, 0.25) is 0 Å². The van der Waals surface area contributed by atoms with Crippen LogP contribution in [0.5, 0.6) is 0 Å². The normalized spacial score (nSPS) is 17.5. The Morgan fingerprint density at radius 3 is 3.00 bits per heavy atom. The number of allylic oxidation sites excluding steroid dienone is 3. The molecule has 0 bridgehead atoms. The van der Waals surface area contributed by atoms with Gasteiger partial charge in [0, 0.05) is 12.6 Å². The zero-order valence-corrected chi connectivity index (χ0v) is 8.64. The lowest BCUT2D eigenvalue weighted by atomic mass is 10.0. The zero-order chi connectivity index (χ0) is 9.68. The van der Waals surface area contributed by atoms with Gasteiger partial charge in [0.1, 0.15) is 0 Å². The molecule has 13 heavy (non-hydrogen) atoms. The summed E-state index contributed by atoms with van der Waals surface area (Å²) in [5.41, 5.74) is 2.63. The number of hydrogen-bond acceptors (Lipinski definition) is 1. The van der Waals surface area contributed by atoms with Crippen LogP contribution in [0.3, 0.4) is 0 Å². The van der Waals surface area contributed by atoms with Crippen molar-refractivity contribution >= 4 is 0 Å². The monoisotopic (exact) mass is 177 g/mol. The summed E-state index contributed by atoms with van der Waals surface area (Å²) in [6, 6.07) is 0.543. The van der Waals surface area contributed by atoms with Crippen LogP contribution in [0.4, 0.5) is 0 Å². The molecule has 1 rings (SSSR count). The van der Waals surface area contributed by atoms with E-state index in [1.54, 1.807) is 0 Å². The highest BCUT2D eigenvalue weighted by Crippen LogP contribution is 2.17. The largest absolute Gasteiger partial charge is 0.310 e. The van der Waals surface area contributed by atoms with Gasteiger partial charge in [-0.1, -0.05) is 44.2 Å². The second-order valence-electron chi connectivity index (χ2n) is 3.80. The minimum atomic E-state index is 0.543. The molecule has 0 aromatic rings. The molecule has 72 valence electrons. The summed E-state index contributed by atoms with van der Waals surface area (Å²) in [5.74, 6) is 0. The van der Waals surface area contributed by atoms with Crippen LogP contribution in [-0.2, 0) is 0 Å². The molecule has 0 spiro atoms. The van der Waals surface area contributed by atoms with E-state index in [1.165, 1.54) is 11.1 Å². The van der Waals surface area contributed by atoms with Gasteiger partial charge in [-0.05, 0) is 18.4 Å². The smallest absolute Gasteiger partial charge is 0.0210 e. The molecule has 0 aliphatic heterocycles. The van der Waals surface area contributed by atoms with Crippen molar-refractivity contribution in [3.8, 4) is 0 Å². The van der Waals surface area contributed by atoms with Crippen LogP contribution < -0.4 is 5.32 Å². The van der Waals surface area contributed by atoms with E-state index in [4.69, 9.17) is 0 Å². The van der Waals surface area contributed by atoms with Crippen LogP contribution in [0, 0.1) is 0 Å². The highest BCUT2D eigenvalue weighted by atomic mass is 14.9. The molecular weight excluding hydrogens is 158 g/mol. The minimum absolute atomic E-state index is 0.543. The molecule has 0 radical (unpaired) electrons. The Morgan fingerprint density at radius 2 is 2.31 bits per heavy atom. The Morgan fingerprint density at radius 1 is 1.54 bits per heavy atom. The molecular formula is C12H19N. The zero-order valence-electron chi connectivity index (χ0n) is 8.64. The summed E-state index contributed by atoms with van der Waals surface area (Å²) >= 11 is 0. The fourth-order valence-corrected chi connectivity index (χ4v) is 1.31. The number of rotatable bonds is 3. The van der Waals surface area contributed by atoms with E-state index < -0.39 is 0 Å². The van der Waals surface area contributed by atoms with Gasteiger partial charge in [0.25, 0.3) is 0 Å². The van der Waals surface area contributed by atoms with E-state index in [1.807, 2.05) is 0 Å². The van der Waals surface area contributed by atoms with Gasteiger partial charge in [-0.2, -0.15) is 0 Å². The van der Waals surface area contributed by atoms with Crippen molar-refractivity contribution in [1.82, 2.24) is 5.32 Å². The Balaban J connectivity index is 2.50. The molecule has 1 N–H and O–H groups in total. The predicted octanol–water partition coefficient (Wildman–Crippen LogP) is 2.82. The van der Waals surface area contributed by atoms with Crippen molar-refractivity contribution in [1.29, 1.82) is 0 Å². The summed E-state index contributed by atoms with van der Waals surface area (Å²) in [6.07, 6.45) is 8.73. The van der Waals surface area contributed by atoms with Gasteiger partial charge >= 0.3 is 0 Å². The van der Waals surface area contributed by atoms with E-state index in [0.29, 0.717) is 6.04 Å². The molecule has 0 heterocycles. The molecule has 0 amide bonds. The average molecular weight is 177 g/mol. The molecule has 0 atom stereocenters. The van der Waals surface area contributed by atoms with Crippen LogP contribution in [0.25, 0.3) is 0 Å². The van der Waals surface area contributed by atoms with E-state index in [9.17, 15) is 0 Å². The topological polar surface area (TPSA) is 12.0 Å². The van der Waals surface area contributed by atoms with Crippen LogP contribution in [0.1, 0.15) is 26.7 Å². The van der Waals surface area contributed by atoms with Crippen molar-refractivity contribution in [2.75, 3.05) is 6.54 Å². The van der Waals surface area contributed by atoms with Crippen molar-refractivity contribution in [2.24, 2.45) is 0 Å². The number of nitrogens with one attached hydrogen (secondary N) is 1. The third-order valence-electron chi connectivity index (χ3n) is 2.20. The van der Waals surface area contributed by atoms with Gasteiger partial charge in [-0.25, -0.2) is 0 Å². The van der Waals surface area contributed by atoms with E-state index in [2.05, 4.69) is 44.0 Å². The van der Waals surface area contributed by atoms with Crippen LogP contribution in [0.15, 0.2) is 36.0 Å². The predicted molar refractivity (Wildman–Crippen MR) is 58.7 cm³/mol. The van der Waals surface area contributed by atoms with Gasteiger partial charge in [-0.15, -0.1) is 0 Å². The fraction of sp³-hybridized carbons (Fsp3) is 0.500. The molecule has 0 saturated heterocycles. The lowest BCUT2D eigenvalue weighted by molar-refractivity contribution is 0.622. The molecule has 0 saturated carbocycles. The molecule has 0 aromatic carbocycles. The van der Waals surface area contributed by atoms with Crippen LogP contribution >= 0.6 is 0 Å². The maximum Gasteiger partial charge on any atom is 0.0210 e. The third kappa shape index (κ3) is 3.60. The highest BCUT2D eigenvalue weighted by molar-refractivity contribution is 5.34. The third-order valence-corrected chi connectivity index (χ3v) is 2.20. The Hall–Kier alpha value is -0.820.